The van der Waals surface area contributed by atoms with Crippen LogP contribution < -0.4 is 0 Å². The molecule has 0 aliphatic carbocycles. The Balaban J connectivity index is 2.47. The highest BCUT2D eigenvalue weighted by atomic mass is 79.9. The van der Waals surface area contributed by atoms with E-state index in [2.05, 4.69) is 15.9 Å². The van der Waals surface area contributed by atoms with E-state index >= 15 is 0 Å². The first-order chi connectivity index (χ1) is 9.44. The average Bonchev–Trinajstić information content (AvgIpc) is 2.39. The van der Waals surface area contributed by atoms with Crippen molar-refractivity contribution in [3.05, 3.63) is 63.9 Å². The lowest BCUT2D eigenvalue weighted by molar-refractivity contribution is 0.594. The molecule has 0 aromatic heterocycles. The van der Waals surface area contributed by atoms with Crippen LogP contribution in [0.4, 0.5) is 4.39 Å². The second-order valence-corrected chi connectivity index (χ2v) is 6.92. The zero-order valence-electron chi connectivity index (χ0n) is 10.2. The fourth-order valence-corrected chi connectivity index (χ4v) is 4.25. The standard InChI is InChI=1S/C14H9BrFNO2S/c15-13-3-1-2-4-14(13)20(18,19)9-11-7-12(16)6-5-10(11)8-17/h1-7H,9H2. The van der Waals surface area contributed by atoms with Gasteiger partial charge in [0.05, 0.1) is 22.3 Å². The van der Waals surface area contributed by atoms with Crippen LogP contribution in [0.2, 0.25) is 0 Å². The molecular weight excluding hydrogens is 345 g/mol. The molecule has 0 radical (unpaired) electrons. The molecule has 20 heavy (non-hydrogen) atoms. The number of nitrogens with zero attached hydrogens (tertiary/aromatic N) is 1. The second kappa shape index (κ2) is 5.73. The fourth-order valence-electron chi connectivity index (χ4n) is 1.77. The Kier molecular flexibility index (Phi) is 4.21. The van der Waals surface area contributed by atoms with Crippen molar-refractivity contribution in [1.82, 2.24) is 0 Å². The van der Waals surface area contributed by atoms with E-state index in [-0.39, 0.29) is 16.0 Å². The van der Waals surface area contributed by atoms with Gasteiger partial charge in [-0.25, -0.2) is 12.8 Å². The molecular formula is C14H9BrFNO2S. The molecule has 0 spiro atoms. The van der Waals surface area contributed by atoms with Crippen LogP contribution in [0.25, 0.3) is 0 Å². The summed E-state index contributed by atoms with van der Waals surface area (Å²) in [5.41, 5.74) is 0.310. The molecule has 0 unspecified atom stereocenters. The molecule has 0 amide bonds. The summed E-state index contributed by atoms with van der Waals surface area (Å²) in [7, 11) is -3.66. The lowest BCUT2D eigenvalue weighted by atomic mass is 10.1. The summed E-state index contributed by atoms with van der Waals surface area (Å²) in [4.78, 5) is 0.119. The molecule has 0 atom stereocenters. The molecule has 0 bridgehead atoms. The van der Waals surface area contributed by atoms with Crippen molar-refractivity contribution in [2.24, 2.45) is 0 Å². The maximum absolute atomic E-state index is 13.2. The molecule has 0 N–H and O–H groups in total. The Morgan fingerprint density at radius 2 is 1.90 bits per heavy atom. The van der Waals surface area contributed by atoms with Crippen LogP contribution in [0.15, 0.2) is 51.8 Å². The van der Waals surface area contributed by atoms with Gasteiger partial charge in [0.25, 0.3) is 0 Å². The maximum Gasteiger partial charge on any atom is 0.183 e. The topological polar surface area (TPSA) is 57.9 Å². The van der Waals surface area contributed by atoms with E-state index in [4.69, 9.17) is 5.26 Å². The first-order valence-corrected chi connectivity index (χ1v) is 8.04. The number of rotatable bonds is 3. The third kappa shape index (κ3) is 3.06. The van der Waals surface area contributed by atoms with Crippen molar-refractivity contribution in [3.63, 3.8) is 0 Å². The minimum absolute atomic E-state index is 0.119. The number of sulfone groups is 1. The molecule has 2 aromatic carbocycles. The van der Waals surface area contributed by atoms with Gasteiger partial charge in [-0.1, -0.05) is 12.1 Å². The Labute approximate surface area is 124 Å². The van der Waals surface area contributed by atoms with Crippen LogP contribution in [-0.4, -0.2) is 8.42 Å². The largest absolute Gasteiger partial charge is 0.223 e. The van der Waals surface area contributed by atoms with Gasteiger partial charge in [-0.3, -0.25) is 0 Å². The van der Waals surface area contributed by atoms with Gasteiger partial charge < -0.3 is 0 Å². The van der Waals surface area contributed by atoms with Crippen LogP contribution in [0, 0.1) is 17.1 Å². The van der Waals surface area contributed by atoms with Crippen molar-refractivity contribution in [2.75, 3.05) is 0 Å². The molecule has 102 valence electrons. The van der Waals surface area contributed by atoms with Crippen molar-refractivity contribution >= 4 is 25.8 Å². The van der Waals surface area contributed by atoms with Gasteiger partial charge in [-0.05, 0) is 51.8 Å². The van der Waals surface area contributed by atoms with E-state index in [0.29, 0.717) is 4.47 Å². The lowest BCUT2D eigenvalue weighted by Gasteiger charge is -2.08. The predicted octanol–water partition coefficient (Wildman–Crippen LogP) is 3.43. The third-order valence-corrected chi connectivity index (χ3v) is 5.38. The summed E-state index contributed by atoms with van der Waals surface area (Å²) in [6, 6.07) is 11.7. The first-order valence-electron chi connectivity index (χ1n) is 5.60. The molecule has 2 rings (SSSR count). The quantitative estimate of drug-likeness (QED) is 0.849. The highest BCUT2D eigenvalue weighted by Gasteiger charge is 2.20. The SMILES string of the molecule is N#Cc1ccc(F)cc1CS(=O)(=O)c1ccccc1Br. The molecule has 2 aromatic rings. The maximum atomic E-state index is 13.2. The summed E-state index contributed by atoms with van der Waals surface area (Å²) >= 11 is 3.18. The van der Waals surface area contributed by atoms with E-state index in [1.165, 1.54) is 12.1 Å². The number of hydrogen-bond acceptors (Lipinski definition) is 3. The van der Waals surface area contributed by atoms with Crippen LogP contribution in [-0.2, 0) is 15.6 Å². The first kappa shape index (κ1) is 14.7. The normalized spacial score (nSPS) is 11.1. The van der Waals surface area contributed by atoms with Gasteiger partial charge in [0.1, 0.15) is 5.82 Å². The monoisotopic (exact) mass is 353 g/mol. The van der Waals surface area contributed by atoms with Crippen molar-refractivity contribution in [2.45, 2.75) is 10.6 Å². The van der Waals surface area contributed by atoms with Crippen LogP contribution in [0.1, 0.15) is 11.1 Å². The summed E-state index contributed by atoms with van der Waals surface area (Å²) in [5.74, 6) is -0.989. The number of halogens is 2. The smallest absolute Gasteiger partial charge is 0.183 e. The van der Waals surface area contributed by atoms with Gasteiger partial charge >= 0.3 is 0 Å². The zero-order chi connectivity index (χ0) is 14.8. The fraction of sp³-hybridized carbons (Fsp3) is 0.0714. The highest BCUT2D eigenvalue weighted by Crippen LogP contribution is 2.25. The molecule has 6 heteroatoms. The van der Waals surface area contributed by atoms with Crippen molar-refractivity contribution in [3.8, 4) is 6.07 Å². The summed E-state index contributed by atoms with van der Waals surface area (Å²) in [6.45, 7) is 0. The van der Waals surface area contributed by atoms with E-state index in [1.807, 2.05) is 6.07 Å². The van der Waals surface area contributed by atoms with Crippen LogP contribution in [0.5, 0.6) is 0 Å². The van der Waals surface area contributed by atoms with Gasteiger partial charge in [0, 0.05) is 4.47 Å². The molecule has 3 nitrogen and oxygen atoms in total. The van der Waals surface area contributed by atoms with Crippen LogP contribution in [0.3, 0.4) is 0 Å². The van der Waals surface area contributed by atoms with Crippen molar-refractivity contribution in [1.29, 1.82) is 5.26 Å². The molecule has 0 fully saturated rings. The number of hydrogen-bond donors (Lipinski definition) is 0. The molecule has 0 aliphatic rings. The predicted molar refractivity (Wildman–Crippen MR) is 76.1 cm³/mol. The molecule has 0 heterocycles. The summed E-state index contributed by atoms with van der Waals surface area (Å²) < 4.78 is 38.3. The minimum atomic E-state index is -3.66. The summed E-state index contributed by atoms with van der Waals surface area (Å²) in [5, 5.41) is 8.95. The van der Waals surface area contributed by atoms with Gasteiger partial charge in [-0.15, -0.1) is 0 Å². The lowest BCUT2D eigenvalue weighted by Crippen LogP contribution is -2.07. The second-order valence-electron chi connectivity index (χ2n) is 4.10. The summed E-state index contributed by atoms with van der Waals surface area (Å²) in [6.07, 6.45) is 0. The molecule has 0 saturated heterocycles. The van der Waals surface area contributed by atoms with Gasteiger partial charge in [-0.2, -0.15) is 5.26 Å². The highest BCUT2D eigenvalue weighted by molar-refractivity contribution is 9.10. The molecule has 0 aliphatic heterocycles. The Bertz CT molecular complexity index is 797. The van der Waals surface area contributed by atoms with E-state index in [1.54, 1.807) is 18.2 Å². The molecule has 0 saturated carbocycles. The Morgan fingerprint density at radius 1 is 1.20 bits per heavy atom. The van der Waals surface area contributed by atoms with Gasteiger partial charge in [0.15, 0.2) is 9.84 Å². The number of nitriles is 1. The van der Waals surface area contributed by atoms with Gasteiger partial charge in [0.2, 0.25) is 0 Å². The van der Waals surface area contributed by atoms with Crippen LogP contribution >= 0.6 is 15.9 Å². The minimum Gasteiger partial charge on any atom is -0.223 e. The Morgan fingerprint density at radius 3 is 2.55 bits per heavy atom. The van der Waals surface area contributed by atoms with E-state index in [0.717, 1.165) is 12.1 Å². The average molecular weight is 354 g/mol. The zero-order valence-corrected chi connectivity index (χ0v) is 12.6. The van der Waals surface area contributed by atoms with Crippen molar-refractivity contribution < 1.29 is 12.8 Å². The van der Waals surface area contributed by atoms with E-state index < -0.39 is 21.4 Å². The number of benzene rings is 2. The Hall–Kier alpha value is -1.71. The van der Waals surface area contributed by atoms with E-state index in [9.17, 15) is 12.8 Å². The third-order valence-electron chi connectivity index (χ3n) is 2.70.